The average Bonchev–Trinajstić information content (AvgIpc) is 3.17. The van der Waals surface area contributed by atoms with Gasteiger partial charge in [0.1, 0.15) is 0 Å². The summed E-state index contributed by atoms with van der Waals surface area (Å²) in [6.07, 6.45) is 5.45. The first kappa shape index (κ1) is 19.2. The first-order chi connectivity index (χ1) is 12.1. The van der Waals surface area contributed by atoms with E-state index in [4.69, 9.17) is 9.16 Å². The van der Waals surface area contributed by atoms with Crippen LogP contribution < -0.4 is 0 Å². The van der Waals surface area contributed by atoms with Crippen molar-refractivity contribution in [2.75, 3.05) is 7.11 Å². The fraction of sp³-hybridized carbons (Fsp3) is 0.571. The van der Waals surface area contributed by atoms with E-state index in [1.165, 1.54) is 7.11 Å². The summed E-state index contributed by atoms with van der Waals surface area (Å²) in [4.78, 5) is 12.2. The molecular weight excluding hydrogens is 342 g/mol. The van der Waals surface area contributed by atoms with Crippen molar-refractivity contribution in [3.05, 3.63) is 36.0 Å². The van der Waals surface area contributed by atoms with E-state index in [-0.39, 0.29) is 11.0 Å². The minimum Gasteiger partial charge on any atom is -0.465 e. The Morgan fingerprint density at radius 2 is 1.88 bits per heavy atom. The molecule has 5 heteroatoms. The van der Waals surface area contributed by atoms with Crippen LogP contribution in [0.5, 0.6) is 0 Å². The summed E-state index contributed by atoms with van der Waals surface area (Å²) in [7, 11) is -0.318. The van der Waals surface area contributed by atoms with Crippen molar-refractivity contribution in [1.82, 2.24) is 4.57 Å². The quantitative estimate of drug-likeness (QED) is 0.521. The van der Waals surface area contributed by atoms with Crippen molar-refractivity contribution in [2.45, 2.75) is 70.3 Å². The van der Waals surface area contributed by atoms with E-state index in [0.717, 1.165) is 30.2 Å². The smallest absolute Gasteiger partial charge is 0.340 e. The molecule has 0 radical (unpaired) electrons. The molecule has 0 bridgehead atoms. The third kappa shape index (κ3) is 3.47. The molecule has 1 aliphatic rings. The number of hydrogen-bond donors (Lipinski definition) is 0. The molecule has 1 aromatic heterocycles. The lowest BCUT2D eigenvalue weighted by molar-refractivity contribution is 0.0602. The summed E-state index contributed by atoms with van der Waals surface area (Å²) in [5.41, 5.74) is 1.75. The number of aromatic nitrogens is 1. The van der Waals surface area contributed by atoms with Gasteiger partial charge >= 0.3 is 5.97 Å². The van der Waals surface area contributed by atoms with Crippen LogP contribution in [0, 0.1) is 0 Å². The van der Waals surface area contributed by atoms with Crippen molar-refractivity contribution in [3.63, 3.8) is 0 Å². The van der Waals surface area contributed by atoms with Crippen molar-refractivity contribution in [2.24, 2.45) is 0 Å². The van der Waals surface area contributed by atoms with Gasteiger partial charge in [-0.25, -0.2) is 4.79 Å². The second kappa shape index (κ2) is 6.85. The molecule has 0 aliphatic heterocycles. The molecule has 1 saturated carbocycles. The van der Waals surface area contributed by atoms with E-state index >= 15 is 0 Å². The Balaban J connectivity index is 1.84. The predicted molar refractivity (Wildman–Crippen MR) is 108 cm³/mol. The zero-order chi connectivity index (χ0) is 19.1. The van der Waals surface area contributed by atoms with Gasteiger partial charge in [-0.3, -0.25) is 0 Å². The molecule has 0 spiro atoms. The standard InChI is InChI=1S/C21H31NO3Si/c1-21(2,3)26(5,6)25-16-12-11-15(13-16)22-14-18(20(23)24-4)17-9-7-8-10-19(17)22/h7-10,14-16H,11-13H2,1-6H3. The summed E-state index contributed by atoms with van der Waals surface area (Å²) in [6, 6.07) is 8.45. The Bertz CT molecular complexity index is 803. The molecule has 0 N–H and O–H groups in total. The maximum absolute atomic E-state index is 12.2. The molecule has 4 nitrogen and oxygen atoms in total. The predicted octanol–water partition coefficient (Wildman–Crippen LogP) is 5.54. The lowest BCUT2D eigenvalue weighted by atomic mass is 10.2. The van der Waals surface area contributed by atoms with Gasteiger partial charge in [0.2, 0.25) is 0 Å². The van der Waals surface area contributed by atoms with Gasteiger partial charge in [0, 0.05) is 29.2 Å². The van der Waals surface area contributed by atoms with Gasteiger partial charge in [-0.1, -0.05) is 39.0 Å². The molecule has 0 saturated heterocycles. The van der Waals surface area contributed by atoms with Crippen LogP contribution in [0.3, 0.4) is 0 Å². The Morgan fingerprint density at radius 1 is 1.19 bits per heavy atom. The fourth-order valence-corrected chi connectivity index (χ4v) is 5.05. The summed E-state index contributed by atoms with van der Waals surface area (Å²) in [5, 5.41) is 1.19. The number of rotatable bonds is 4. The molecule has 2 unspecified atom stereocenters. The van der Waals surface area contributed by atoms with Gasteiger partial charge in [-0.2, -0.15) is 0 Å². The van der Waals surface area contributed by atoms with Crippen molar-refractivity contribution >= 4 is 25.2 Å². The minimum absolute atomic E-state index is 0.225. The van der Waals surface area contributed by atoms with Crippen LogP contribution in [0.1, 0.15) is 56.4 Å². The highest BCUT2D eigenvalue weighted by Crippen LogP contribution is 2.42. The van der Waals surface area contributed by atoms with Crippen molar-refractivity contribution in [1.29, 1.82) is 0 Å². The number of esters is 1. The van der Waals surface area contributed by atoms with Gasteiger partial charge in [0.05, 0.1) is 12.7 Å². The normalized spacial score (nSPS) is 21.3. The molecule has 26 heavy (non-hydrogen) atoms. The molecule has 3 rings (SSSR count). The third-order valence-electron chi connectivity index (χ3n) is 6.16. The number of nitrogens with zero attached hydrogens (tertiary/aromatic N) is 1. The maximum Gasteiger partial charge on any atom is 0.340 e. The van der Waals surface area contributed by atoms with E-state index in [0.29, 0.717) is 17.7 Å². The molecule has 2 atom stereocenters. The van der Waals surface area contributed by atoms with Gasteiger partial charge in [0.15, 0.2) is 8.32 Å². The van der Waals surface area contributed by atoms with Crippen LogP contribution in [0.4, 0.5) is 0 Å². The molecule has 1 heterocycles. The summed E-state index contributed by atoms with van der Waals surface area (Å²) >= 11 is 0. The highest BCUT2D eigenvalue weighted by Gasteiger charge is 2.41. The molecule has 2 aromatic rings. The second-order valence-corrected chi connectivity index (χ2v) is 13.7. The van der Waals surface area contributed by atoms with E-state index in [1.807, 2.05) is 24.4 Å². The lowest BCUT2D eigenvalue weighted by Crippen LogP contribution is -2.43. The van der Waals surface area contributed by atoms with E-state index in [1.54, 1.807) is 0 Å². The van der Waals surface area contributed by atoms with Crippen LogP contribution in [-0.4, -0.2) is 32.1 Å². The lowest BCUT2D eigenvalue weighted by Gasteiger charge is -2.38. The van der Waals surface area contributed by atoms with Crippen LogP contribution >= 0.6 is 0 Å². The SMILES string of the molecule is COC(=O)c1cn(C2CCC(O[Si](C)(C)C(C)(C)C)C2)c2ccccc12. The number of fused-ring (bicyclic) bond motifs is 1. The Labute approximate surface area is 157 Å². The molecule has 1 fully saturated rings. The summed E-state index contributed by atoms with van der Waals surface area (Å²) in [6.45, 7) is 11.5. The third-order valence-corrected chi connectivity index (χ3v) is 10.7. The van der Waals surface area contributed by atoms with E-state index < -0.39 is 8.32 Å². The van der Waals surface area contributed by atoms with Crippen LogP contribution in [0.15, 0.2) is 30.5 Å². The van der Waals surface area contributed by atoms with Gasteiger partial charge in [-0.05, 0) is 43.5 Å². The Kier molecular flexibility index (Phi) is 5.06. The van der Waals surface area contributed by atoms with Crippen molar-refractivity contribution < 1.29 is 14.0 Å². The van der Waals surface area contributed by atoms with Gasteiger partial charge < -0.3 is 13.7 Å². The number of hydrogen-bond acceptors (Lipinski definition) is 3. The zero-order valence-corrected chi connectivity index (χ0v) is 17.8. The topological polar surface area (TPSA) is 40.5 Å². The number of ether oxygens (including phenoxy) is 1. The van der Waals surface area contributed by atoms with E-state index in [9.17, 15) is 4.79 Å². The molecule has 142 valence electrons. The largest absolute Gasteiger partial charge is 0.465 e. The number of carbonyl (C=O) groups excluding carboxylic acids is 1. The first-order valence-electron chi connectivity index (χ1n) is 9.50. The fourth-order valence-electron chi connectivity index (χ4n) is 3.65. The van der Waals surface area contributed by atoms with Crippen LogP contribution in [-0.2, 0) is 9.16 Å². The Hall–Kier alpha value is -1.59. The van der Waals surface area contributed by atoms with Crippen LogP contribution in [0.2, 0.25) is 18.1 Å². The number of benzene rings is 1. The van der Waals surface area contributed by atoms with Crippen LogP contribution in [0.25, 0.3) is 10.9 Å². The highest BCUT2D eigenvalue weighted by atomic mass is 28.4. The molecule has 1 aliphatic carbocycles. The average molecular weight is 374 g/mol. The molecular formula is C21H31NO3Si. The monoisotopic (exact) mass is 373 g/mol. The van der Waals surface area contributed by atoms with Gasteiger partial charge in [0.25, 0.3) is 0 Å². The number of methoxy groups -OCH3 is 1. The first-order valence-corrected chi connectivity index (χ1v) is 12.4. The summed E-state index contributed by atoms with van der Waals surface area (Å²) in [5.74, 6) is -0.271. The van der Waals surface area contributed by atoms with E-state index in [2.05, 4.69) is 44.5 Å². The Morgan fingerprint density at radius 3 is 2.54 bits per heavy atom. The van der Waals surface area contributed by atoms with Gasteiger partial charge in [-0.15, -0.1) is 0 Å². The highest BCUT2D eigenvalue weighted by molar-refractivity contribution is 6.74. The second-order valence-electron chi connectivity index (χ2n) is 8.93. The summed E-state index contributed by atoms with van der Waals surface area (Å²) < 4.78 is 13.9. The number of para-hydroxylation sites is 1. The van der Waals surface area contributed by atoms with Crippen molar-refractivity contribution in [3.8, 4) is 0 Å². The molecule has 1 aromatic carbocycles. The molecule has 0 amide bonds. The number of carbonyl (C=O) groups is 1. The minimum atomic E-state index is -1.76. The zero-order valence-electron chi connectivity index (χ0n) is 16.8. The maximum atomic E-state index is 12.2.